The third-order valence-corrected chi connectivity index (χ3v) is 1.74. The van der Waals surface area contributed by atoms with E-state index >= 15 is 0 Å². The second kappa shape index (κ2) is 6.40. The van der Waals surface area contributed by atoms with Crippen LogP contribution in [-0.2, 0) is 9.53 Å². The minimum Gasteiger partial charge on any atom is -0.450 e. The van der Waals surface area contributed by atoms with Crippen LogP contribution in [0.5, 0.6) is 0 Å². The molecule has 0 aromatic rings. The van der Waals surface area contributed by atoms with Gasteiger partial charge in [-0.1, -0.05) is 27.2 Å². The first-order valence-electron chi connectivity index (χ1n) is 4.89. The van der Waals surface area contributed by atoms with E-state index in [4.69, 9.17) is 4.74 Å². The number of carbonyl (C=O) groups is 2. The molecule has 1 N–H and O–H groups in total. The van der Waals surface area contributed by atoms with E-state index in [9.17, 15) is 9.59 Å². The molecular weight excluding hydrogens is 182 g/mol. The van der Waals surface area contributed by atoms with Crippen LogP contribution in [-0.4, -0.2) is 25.5 Å². The normalized spacial score (nSPS) is 10.8. The van der Waals surface area contributed by atoms with Gasteiger partial charge in [-0.2, -0.15) is 0 Å². The first-order chi connectivity index (χ1) is 6.52. The van der Waals surface area contributed by atoms with Crippen molar-refractivity contribution >= 4 is 12.4 Å². The van der Waals surface area contributed by atoms with E-state index in [1.165, 1.54) is 0 Å². The molecule has 0 rings (SSSR count). The highest BCUT2D eigenvalue weighted by atomic mass is 16.5. The standard InChI is InChI=1S/C10H19NO3/c1-4-5-6-14-9(13)11-7-10(2,3)8-12/h8H,4-7H2,1-3H3,(H,11,13). The minimum absolute atomic E-state index is 0.307. The van der Waals surface area contributed by atoms with Crippen LogP contribution in [0.25, 0.3) is 0 Å². The van der Waals surface area contributed by atoms with Crippen molar-refractivity contribution in [3.05, 3.63) is 0 Å². The number of carbonyl (C=O) groups excluding carboxylic acids is 2. The van der Waals surface area contributed by atoms with E-state index in [1.807, 2.05) is 6.92 Å². The van der Waals surface area contributed by atoms with Gasteiger partial charge in [-0.25, -0.2) is 4.79 Å². The molecule has 0 aliphatic heterocycles. The summed E-state index contributed by atoms with van der Waals surface area (Å²) in [6.45, 7) is 6.28. The van der Waals surface area contributed by atoms with Gasteiger partial charge in [0.25, 0.3) is 0 Å². The average Bonchev–Trinajstić information content (AvgIpc) is 2.16. The molecule has 0 heterocycles. The maximum Gasteiger partial charge on any atom is 0.407 e. The van der Waals surface area contributed by atoms with Crippen LogP contribution in [0, 0.1) is 5.41 Å². The fourth-order valence-corrected chi connectivity index (χ4v) is 0.702. The lowest BCUT2D eigenvalue weighted by Crippen LogP contribution is -2.35. The van der Waals surface area contributed by atoms with Crippen molar-refractivity contribution in [2.45, 2.75) is 33.6 Å². The number of hydrogen-bond acceptors (Lipinski definition) is 3. The van der Waals surface area contributed by atoms with E-state index in [0.29, 0.717) is 13.2 Å². The van der Waals surface area contributed by atoms with E-state index < -0.39 is 11.5 Å². The summed E-state index contributed by atoms with van der Waals surface area (Å²) in [5.74, 6) is 0. The fourth-order valence-electron chi connectivity index (χ4n) is 0.702. The Morgan fingerprint density at radius 3 is 2.64 bits per heavy atom. The highest BCUT2D eigenvalue weighted by molar-refractivity contribution is 5.68. The quantitative estimate of drug-likeness (QED) is 0.526. The maximum absolute atomic E-state index is 11.0. The van der Waals surface area contributed by atoms with Gasteiger partial charge in [-0.3, -0.25) is 0 Å². The van der Waals surface area contributed by atoms with Crippen LogP contribution in [0.15, 0.2) is 0 Å². The molecule has 14 heavy (non-hydrogen) atoms. The highest BCUT2D eigenvalue weighted by Crippen LogP contribution is 2.08. The topological polar surface area (TPSA) is 55.4 Å². The van der Waals surface area contributed by atoms with Crippen LogP contribution >= 0.6 is 0 Å². The molecule has 0 saturated carbocycles. The van der Waals surface area contributed by atoms with Crippen molar-refractivity contribution in [2.24, 2.45) is 5.41 Å². The van der Waals surface area contributed by atoms with Gasteiger partial charge >= 0.3 is 6.09 Å². The summed E-state index contributed by atoms with van der Waals surface area (Å²) in [6.07, 6.45) is 2.23. The van der Waals surface area contributed by atoms with Crippen molar-refractivity contribution in [3.63, 3.8) is 0 Å². The molecule has 0 aliphatic carbocycles. The number of alkyl carbamates (subject to hydrolysis) is 1. The zero-order chi connectivity index (χ0) is 11.0. The van der Waals surface area contributed by atoms with Crippen LogP contribution < -0.4 is 5.32 Å². The van der Waals surface area contributed by atoms with Gasteiger partial charge in [0.1, 0.15) is 6.29 Å². The van der Waals surface area contributed by atoms with Crippen molar-refractivity contribution in [1.29, 1.82) is 0 Å². The molecule has 0 radical (unpaired) electrons. The summed E-state index contributed by atoms with van der Waals surface area (Å²) in [4.78, 5) is 21.5. The second-order valence-electron chi connectivity index (χ2n) is 3.95. The number of hydrogen-bond donors (Lipinski definition) is 1. The van der Waals surface area contributed by atoms with E-state index in [2.05, 4.69) is 5.32 Å². The monoisotopic (exact) mass is 201 g/mol. The number of aldehydes is 1. The third kappa shape index (κ3) is 6.46. The Labute approximate surface area is 85.0 Å². The Hall–Kier alpha value is -1.06. The smallest absolute Gasteiger partial charge is 0.407 e. The van der Waals surface area contributed by atoms with E-state index in [-0.39, 0.29) is 0 Å². The first kappa shape index (κ1) is 12.9. The summed E-state index contributed by atoms with van der Waals surface area (Å²) in [6, 6.07) is 0. The van der Waals surface area contributed by atoms with E-state index in [1.54, 1.807) is 13.8 Å². The number of rotatable bonds is 6. The molecule has 4 heteroatoms. The molecule has 0 unspecified atom stereocenters. The molecular formula is C10H19NO3. The number of ether oxygens (including phenoxy) is 1. The van der Waals surface area contributed by atoms with E-state index in [0.717, 1.165) is 19.1 Å². The van der Waals surface area contributed by atoms with Gasteiger partial charge in [0.2, 0.25) is 0 Å². The van der Waals surface area contributed by atoms with Gasteiger partial charge in [-0.05, 0) is 6.42 Å². The van der Waals surface area contributed by atoms with Gasteiger partial charge < -0.3 is 14.8 Å². The Morgan fingerprint density at radius 2 is 2.14 bits per heavy atom. The fraction of sp³-hybridized carbons (Fsp3) is 0.800. The predicted octanol–water partition coefficient (Wildman–Crippen LogP) is 1.74. The van der Waals surface area contributed by atoms with Crippen LogP contribution in [0.2, 0.25) is 0 Å². The zero-order valence-corrected chi connectivity index (χ0v) is 9.13. The summed E-state index contributed by atoms with van der Waals surface area (Å²) < 4.78 is 4.86. The summed E-state index contributed by atoms with van der Waals surface area (Å²) in [5, 5.41) is 2.54. The molecule has 0 aromatic heterocycles. The summed E-state index contributed by atoms with van der Waals surface area (Å²) in [7, 11) is 0. The average molecular weight is 201 g/mol. The Balaban J connectivity index is 3.58. The Morgan fingerprint density at radius 1 is 1.50 bits per heavy atom. The molecule has 4 nitrogen and oxygen atoms in total. The van der Waals surface area contributed by atoms with Crippen LogP contribution in [0.1, 0.15) is 33.6 Å². The molecule has 1 amide bonds. The minimum atomic E-state index is -0.524. The lowest BCUT2D eigenvalue weighted by molar-refractivity contribution is -0.114. The van der Waals surface area contributed by atoms with Crippen LogP contribution in [0.4, 0.5) is 4.79 Å². The predicted molar refractivity (Wildman–Crippen MR) is 54.1 cm³/mol. The van der Waals surface area contributed by atoms with Gasteiger partial charge in [-0.15, -0.1) is 0 Å². The molecule has 0 spiro atoms. The van der Waals surface area contributed by atoms with Gasteiger partial charge in [0.05, 0.1) is 6.61 Å². The second-order valence-corrected chi connectivity index (χ2v) is 3.95. The Bertz CT molecular complexity index is 190. The number of amides is 1. The number of nitrogens with one attached hydrogen (secondary N) is 1. The first-order valence-corrected chi connectivity index (χ1v) is 4.89. The summed E-state index contributed by atoms with van der Waals surface area (Å²) in [5.41, 5.74) is -0.524. The lowest BCUT2D eigenvalue weighted by atomic mass is 9.96. The summed E-state index contributed by atoms with van der Waals surface area (Å²) >= 11 is 0. The Kier molecular flexibility index (Phi) is 5.92. The van der Waals surface area contributed by atoms with Crippen LogP contribution in [0.3, 0.4) is 0 Å². The third-order valence-electron chi connectivity index (χ3n) is 1.74. The van der Waals surface area contributed by atoms with Crippen molar-refractivity contribution in [1.82, 2.24) is 5.32 Å². The molecule has 0 fully saturated rings. The maximum atomic E-state index is 11.0. The molecule has 0 bridgehead atoms. The zero-order valence-electron chi connectivity index (χ0n) is 9.13. The SMILES string of the molecule is CCCCOC(=O)NCC(C)(C)C=O. The molecule has 0 atom stereocenters. The molecule has 0 saturated heterocycles. The number of unbranched alkanes of at least 4 members (excludes halogenated alkanes) is 1. The molecule has 0 aliphatic rings. The highest BCUT2D eigenvalue weighted by Gasteiger charge is 2.17. The molecule has 82 valence electrons. The van der Waals surface area contributed by atoms with Crippen molar-refractivity contribution in [2.75, 3.05) is 13.2 Å². The van der Waals surface area contributed by atoms with Gasteiger partial charge in [0.15, 0.2) is 0 Å². The van der Waals surface area contributed by atoms with Crippen molar-refractivity contribution in [3.8, 4) is 0 Å². The van der Waals surface area contributed by atoms with Gasteiger partial charge in [0, 0.05) is 12.0 Å². The molecule has 0 aromatic carbocycles. The van der Waals surface area contributed by atoms with Crippen molar-refractivity contribution < 1.29 is 14.3 Å². The lowest BCUT2D eigenvalue weighted by Gasteiger charge is -2.16. The largest absolute Gasteiger partial charge is 0.450 e.